The smallest absolute Gasteiger partial charge is 0.0162 e. The first-order valence-electron chi connectivity index (χ1n) is 7.19. The maximum atomic E-state index is 5.60. The predicted octanol–water partition coefficient (Wildman–Crippen LogP) is 2.92. The van der Waals surface area contributed by atoms with Crippen molar-refractivity contribution in [3.05, 3.63) is 0 Å². The summed E-state index contributed by atoms with van der Waals surface area (Å²) in [6, 6.07) is 0.484. The lowest BCUT2D eigenvalue weighted by atomic mass is 9.80. The lowest BCUT2D eigenvalue weighted by Gasteiger charge is -2.29. The third-order valence-electron chi connectivity index (χ3n) is 4.04. The average molecular weight is 226 g/mol. The molecule has 1 aliphatic carbocycles. The molecule has 0 aromatic heterocycles. The predicted molar refractivity (Wildman–Crippen MR) is 71.5 cm³/mol. The van der Waals surface area contributed by atoms with Crippen molar-refractivity contribution in [2.45, 2.75) is 64.8 Å². The number of nitrogens with two attached hydrogens (primary N) is 1. The molecule has 1 rings (SSSR count). The molecule has 1 fully saturated rings. The van der Waals surface area contributed by atoms with E-state index in [-0.39, 0.29) is 0 Å². The van der Waals surface area contributed by atoms with E-state index in [9.17, 15) is 0 Å². The summed E-state index contributed by atoms with van der Waals surface area (Å²) in [6.45, 7) is 6.40. The van der Waals surface area contributed by atoms with Gasteiger partial charge in [-0.15, -0.1) is 0 Å². The van der Waals surface area contributed by atoms with Crippen molar-refractivity contribution in [3.8, 4) is 0 Å². The highest BCUT2D eigenvalue weighted by Gasteiger charge is 2.20. The van der Waals surface area contributed by atoms with Gasteiger partial charge in [0.15, 0.2) is 0 Å². The van der Waals surface area contributed by atoms with Crippen molar-refractivity contribution in [1.82, 2.24) is 5.32 Å². The summed E-state index contributed by atoms with van der Waals surface area (Å²) >= 11 is 0. The summed E-state index contributed by atoms with van der Waals surface area (Å²) < 4.78 is 0. The minimum atomic E-state index is 0.484. The second-order valence-corrected chi connectivity index (χ2v) is 5.57. The van der Waals surface area contributed by atoms with E-state index in [4.69, 9.17) is 5.73 Å². The molecule has 96 valence electrons. The van der Waals surface area contributed by atoms with Gasteiger partial charge < -0.3 is 11.1 Å². The molecule has 1 aliphatic rings. The first-order chi connectivity index (χ1) is 7.76. The Morgan fingerprint density at radius 1 is 1.19 bits per heavy atom. The highest BCUT2D eigenvalue weighted by atomic mass is 14.9. The van der Waals surface area contributed by atoms with Crippen LogP contribution in [0.2, 0.25) is 0 Å². The normalized spacial score (nSPS) is 27.9. The summed E-state index contributed by atoms with van der Waals surface area (Å²) in [7, 11) is 0. The zero-order valence-corrected chi connectivity index (χ0v) is 11.2. The minimum Gasteiger partial charge on any atom is -0.329 e. The van der Waals surface area contributed by atoms with E-state index in [1.807, 2.05) is 0 Å². The van der Waals surface area contributed by atoms with Gasteiger partial charge >= 0.3 is 0 Å². The van der Waals surface area contributed by atoms with Gasteiger partial charge in [0, 0.05) is 12.6 Å². The molecule has 0 heterocycles. The van der Waals surface area contributed by atoms with Gasteiger partial charge in [-0.1, -0.05) is 39.0 Å². The summed E-state index contributed by atoms with van der Waals surface area (Å²) in [5.74, 6) is 1.94. The van der Waals surface area contributed by atoms with Gasteiger partial charge in [0.1, 0.15) is 0 Å². The molecule has 0 radical (unpaired) electrons. The fourth-order valence-corrected chi connectivity index (χ4v) is 2.67. The van der Waals surface area contributed by atoms with Crippen LogP contribution >= 0.6 is 0 Å². The Morgan fingerprint density at radius 2 is 1.81 bits per heavy atom. The Balaban J connectivity index is 2.07. The monoisotopic (exact) mass is 226 g/mol. The number of unbranched alkanes of at least 4 members (excludes halogenated alkanes) is 1. The van der Waals surface area contributed by atoms with Gasteiger partial charge in [0.05, 0.1) is 0 Å². The highest BCUT2D eigenvalue weighted by molar-refractivity contribution is 4.75. The molecular weight excluding hydrogens is 196 g/mol. The fraction of sp³-hybridized carbons (Fsp3) is 1.00. The van der Waals surface area contributed by atoms with E-state index in [2.05, 4.69) is 19.2 Å². The minimum absolute atomic E-state index is 0.484. The number of nitrogens with one attached hydrogen (secondary N) is 1. The molecule has 1 saturated carbocycles. The Hall–Kier alpha value is -0.0800. The van der Waals surface area contributed by atoms with Gasteiger partial charge in [-0.2, -0.15) is 0 Å². The standard InChI is InChI=1S/C14H30N2/c1-3-4-5-13-6-8-14(9-7-13)11-16-12(2)10-15/h12-14,16H,3-11,15H2,1-2H3. The topological polar surface area (TPSA) is 38.0 Å². The molecule has 0 saturated heterocycles. The lowest BCUT2D eigenvalue weighted by molar-refractivity contribution is 0.250. The Morgan fingerprint density at radius 3 is 2.38 bits per heavy atom. The fourth-order valence-electron chi connectivity index (χ4n) is 2.67. The SMILES string of the molecule is CCCCC1CCC(CNC(C)CN)CC1. The molecule has 1 atom stereocenters. The second-order valence-electron chi connectivity index (χ2n) is 5.57. The molecule has 2 nitrogen and oxygen atoms in total. The van der Waals surface area contributed by atoms with Crippen molar-refractivity contribution >= 4 is 0 Å². The van der Waals surface area contributed by atoms with Gasteiger partial charge in [-0.3, -0.25) is 0 Å². The van der Waals surface area contributed by atoms with Crippen LogP contribution in [0.3, 0.4) is 0 Å². The molecule has 3 N–H and O–H groups in total. The molecule has 0 amide bonds. The number of rotatable bonds is 7. The van der Waals surface area contributed by atoms with Gasteiger partial charge in [-0.05, 0) is 38.1 Å². The van der Waals surface area contributed by atoms with E-state index < -0.39 is 0 Å². The maximum Gasteiger partial charge on any atom is 0.0162 e. The van der Waals surface area contributed by atoms with Gasteiger partial charge in [0.25, 0.3) is 0 Å². The van der Waals surface area contributed by atoms with Crippen molar-refractivity contribution in [3.63, 3.8) is 0 Å². The van der Waals surface area contributed by atoms with Crippen LogP contribution in [0.15, 0.2) is 0 Å². The molecule has 0 aromatic carbocycles. The molecule has 0 spiro atoms. The molecule has 1 unspecified atom stereocenters. The van der Waals surface area contributed by atoms with Crippen LogP contribution in [0.5, 0.6) is 0 Å². The Kier molecular flexibility index (Phi) is 7.06. The molecule has 2 heteroatoms. The molecule has 0 bridgehead atoms. The lowest BCUT2D eigenvalue weighted by Crippen LogP contribution is -2.37. The van der Waals surface area contributed by atoms with Gasteiger partial charge in [0.2, 0.25) is 0 Å². The first kappa shape index (κ1) is 14.0. The van der Waals surface area contributed by atoms with Crippen molar-refractivity contribution in [2.75, 3.05) is 13.1 Å². The largest absolute Gasteiger partial charge is 0.329 e. The average Bonchev–Trinajstić information content (AvgIpc) is 2.34. The van der Waals surface area contributed by atoms with Crippen molar-refractivity contribution in [2.24, 2.45) is 17.6 Å². The number of hydrogen-bond donors (Lipinski definition) is 2. The highest BCUT2D eigenvalue weighted by Crippen LogP contribution is 2.31. The van der Waals surface area contributed by atoms with Crippen LogP contribution in [0.25, 0.3) is 0 Å². The summed E-state index contributed by atoms with van der Waals surface area (Å²) in [4.78, 5) is 0. The van der Waals surface area contributed by atoms with E-state index in [0.717, 1.165) is 18.4 Å². The third-order valence-corrected chi connectivity index (χ3v) is 4.04. The summed E-state index contributed by atoms with van der Waals surface area (Å²) in [5.41, 5.74) is 5.60. The van der Waals surface area contributed by atoms with Crippen LogP contribution in [-0.4, -0.2) is 19.1 Å². The van der Waals surface area contributed by atoms with E-state index in [1.54, 1.807) is 0 Å². The number of hydrogen-bond acceptors (Lipinski definition) is 2. The van der Waals surface area contributed by atoms with E-state index in [0.29, 0.717) is 6.04 Å². The van der Waals surface area contributed by atoms with Crippen LogP contribution in [0.1, 0.15) is 58.8 Å². The van der Waals surface area contributed by atoms with Crippen LogP contribution in [0, 0.1) is 11.8 Å². The molecule has 0 aliphatic heterocycles. The van der Waals surface area contributed by atoms with E-state index >= 15 is 0 Å². The summed E-state index contributed by atoms with van der Waals surface area (Å²) in [5, 5.41) is 3.53. The summed E-state index contributed by atoms with van der Waals surface area (Å²) in [6.07, 6.45) is 10.0. The second kappa shape index (κ2) is 8.08. The zero-order chi connectivity index (χ0) is 11.8. The molecular formula is C14H30N2. The van der Waals surface area contributed by atoms with Crippen LogP contribution < -0.4 is 11.1 Å². The Labute approximate surface area is 101 Å². The molecule has 16 heavy (non-hydrogen) atoms. The van der Waals surface area contributed by atoms with Crippen LogP contribution in [0.4, 0.5) is 0 Å². The van der Waals surface area contributed by atoms with Crippen LogP contribution in [-0.2, 0) is 0 Å². The van der Waals surface area contributed by atoms with Crippen molar-refractivity contribution < 1.29 is 0 Å². The van der Waals surface area contributed by atoms with Gasteiger partial charge in [-0.25, -0.2) is 0 Å². The first-order valence-corrected chi connectivity index (χ1v) is 7.19. The third kappa shape index (κ3) is 5.31. The quantitative estimate of drug-likeness (QED) is 0.700. The van der Waals surface area contributed by atoms with E-state index in [1.165, 1.54) is 51.5 Å². The maximum absolute atomic E-state index is 5.60. The Bertz CT molecular complexity index is 162. The van der Waals surface area contributed by atoms with Crippen molar-refractivity contribution in [1.29, 1.82) is 0 Å². The zero-order valence-electron chi connectivity index (χ0n) is 11.2. The molecule has 0 aromatic rings.